The molecule has 0 atom stereocenters. The summed E-state index contributed by atoms with van der Waals surface area (Å²) in [7, 11) is 0. The Morgan fingerprint density at radius 3 is 2.85 bits per heavy atom. The molecule has 13 heavy (non-hydrogen) atoms. The van der Waals surface area contributed by atoms with Crippen LogP contribution in [0.4, 0.5) is 4.79 Å². The lowest BCUT2D eigenvalue weighted by atomic mass is 10.2. The molecule has 1 aliphatic rings. The topological polar surface area (TPSA) is 41.1 Å². The maximum Gasteiger partial charge on any atom is 0.319 e. The molecular formula is C10H16N2O. The lowest BCUT2D eigenvalue weighted by Crippen LogP contribution is -2.32. The average Bonchev–Trinajstić information content (AvgIpc) is 2.93. The highest BCUT2D eigenvalue weighted by Gasteiger charge is 2.22. The molecule has 3 heteroatoms. The van der Waals surface area contributed by atoms with Gasteiger partial charge in [0, 0.05) is 12.7 Å². The molecule has 0 spiro atoms. The molecule has 1 rings (SSSR count). The van der Waals surface area contributed by atoms with E-state index in [1.165, 1.54) is 18.4 Å². The van der Waals surface area contributed by atoms with Crippen LogP contribution in [0.2, 0.25) is 0 Å². The molecule has 0 heterocycles. The number of rotatable bonds is 4. The third kappa shape index (κ3) is 3.78. The molecule has 72 valence electrons. The third-order valence-electron chi connectivity index (χ3n) is 2.06. The highest BCUT2D eigenvalue weighted by molar-refractivity contribution is 5.75. The first-order valence-electron chi connectivity index (χ1n) is 4.56. The Balaban J connectivity index is 2.19. The molecule has 0 aromatic heterocycles. The van der Waals surface area contributed by atoms with Crippen molar-refractivity contribution in [3.63, 3.8) is 0 Å². The summed E-state index contributed by atoms with van der Waals surface area (Å²) in [6.45, 7) is 6.06. The van der Waals surface area contributed by atoms with Crippen LogP contribution in [0.3, 0.4) is 0 Å². The monoisotopic (exact) mass is 180 g/mol. The summed E-state index contributed by atoms with van der Waals surface area (Å²) in [6, 6.07) is -0.167. The van der Waals surface area contributed by atoms with Crippen molar-refractivity contribution in [3.05, 3.63) is 24.4 Å². The number of hydrogen-bond donors (Lipinski definition) is 2. The minimum Gasteiger partial charge on any atom is -0.334 e. The Kier molecular flexibility index (Phi) is 3.55. The van der Waals surface area contributed by atoms with Crippen molar-refractivity contribution < 1.29 is 4.79 Å². The van der Waals surface area contributed by atoms with Gasteiger partial charge in [-0.2, -0.15) is 0 Å². The first kappa shape index (κ1) is 9.84. The van der Waals surface area contributed by atoms with E-state index in [-0.39, 0.29) is 6.03 Å². The molecule has 2 N–H and O–H groups in total. The van der Waals surface area contributed by atoms with Crippen molar-refractivity contribution in [2.75, 3.05) is 6.54 Å². The standard InChI is InChI=1S/C10H16N2O/c1-3-6-11-10(13)12-7-8(2)9-4-5-9/h3,7,9H,1,4-6H2,2H3,(H2,11,12,13)/b8-7+. The minimum atomic E-state index is -0.167. The van der Waals surface area contributed by atoms with E-state index in [9.17, 15) is 4.79 Å². The van der Waals surface area contributed by atoms with Gasteiger partial charge in [0.2, 0.25) is 0 Å². The average molecular weight is 180 g/mol. The molecule has 0 bridgehead atoms. The number of carbonyl (C=O) groups is 1. The third-order valence-corrected chi connectivity index (χ3v) is 2.06. The summed E-state index contributed by atoms with van der Waals surface area (Å²) in [5, 5.41) is 5.31. The van der Waals surface area contributed by atoms with E-state index in [1.54, 1.807) is 12.3 Å². The molecule has 0 saturated heterocycles. The van der Waals surface area contributed by atoms with Gasteiger partial charge in [-0.3, -0.25) is 0 Å². The number of amides is 2. The number of nitrogens with one attached hydrogen (secondary N) is 2. The predicted octanol–water partition coefficient (Wildman–Crippen LogP) is 1.79. The van der Waals surface area contributed by atoms with E-state index < -0.39 is 0 Å². The zero-order valence-electron chi connectivity index (χ0n) is 7.97. The van der Waals surface area contributed by atoms with Gasteiger partial charge in [0.25, 0.3) is 0 Å². The van der Waals surface area contributed by atoms with Crippen LogP contribution in [0, 0.1) is 5.92 Å². The Labute approximate surface area is 78.9 Å². The SMILES string of the molecule is C=CCNC(=O)N/C=C(\C)C1CC1. The highest BCUT2D eigenvalue weighted by atomic mass is 16.2. The fourth-order valence-corrected chi connectivity index (χ4v) is 1.05. The van der Waals surface area contributed by atoms with Crippen molar-refractivity contribution in [2.45, 2.75) is 19.8 Å². The van der Waals surface area contributed by atoms with Crippen LogP contribution >= 0.6 is 0 Å². The quantitative estimate of drug-likeness (QED) is 0.636. The van der Waals surface area contributed by atoms with Crippen LogP contribution in [0.15, 0.2) is 24.4 Å². The van der Waals surface area contributed by atoms with E-state index >= 15 is 0 Å². The van der Waals surface area contributed by atoms with Crippen molar-refractivity contribution in [3.8, 4) is 0 Å². The molecular weight excluding hydrogens is 164 g/mol. The fourth-order valence-electron chi connectivity index (χ4n) is 1.05. The lowest BCUT2D eigenvalue weighted by Gasteiger charge is -2.02. The Morgan fingerprint density at radius 2 is 2.31 bits per heavy atom. The van der Waals surface area contributed by atoms with Gasteiger partial charge in [0.05, 0.1) is 0 Å². The zero-order chi connectivity index (χ0) is 9.68. The van der Waals surface area contributed by atoms with Crippen molar-refractivity contribution in [2.24, 2.45) is 5.92 Å². The molecule has 1 fully saturated rings. The van der Waals surface area contributed by atoms with Crippen molar-refractivity contribution >= 4 is 6.03 Å². The van der Waals surface area contributed by atoms with Gasteiger partial charge in [0.15, 0.2) is 0 Å². The molecule has 3 nitrogen and oxygen atoms in total. The fraction of sp³-hybridized carbons (Fsp3) is 0.500. The number of urea groups is 1. The molecule has 0 radical (unpaired) electrons. The van der Waals surface area contributed by atoms with E-state index in [1.807, 2.05) is 6.92 Å². The van der Waals surface area contributed by atoms with E-state index in [2.05, 4.69) is 17.2 Å². The van der Waals surface area contributed by atoms with Gasteiger partial charge < -0.3 is 10.6 Å². The molecule has 0 aromatic carbocycles. The second-order valence-corrected chi connectivity index (χ2v) is 3.31. The van der Waals surface area contributed by atoms with Crippen LogP contribution < -0.4 is 10.6 Å². The maximum atomic E-state index is 11.0. The molecule has 1 aliphatic carbocycles. The zero-order valence-corrected chi connectivity index (χ0v) is 7.97. The molecule has 0 aliphatic heterocycles. The summed E-state index contributed by atoms with van der Waals surface area (Å²) in [6.07, 6.45) is 5.96. The Hall–Kier alpha value is -1.25. The van der Waals surface area contributed by atoms with Gasteiger partial charge in [-0.05, 0) is 25.7 Å². The van der Waals surface area contributed by atoms with Crippen LogP contribution in [-0.2, 0) is 0 Å². The van der Waals surface area contributed by atoms with Gasteiger partial charge in [0.1, 0.15) is 0 Å². The summed E-state index contributed by atoms with van der Waals surface area (Å²) < 4.78 is 0. The Morgan fingerprint density at radius 1 is 1.62 bits per heavy atom. The van der Waals surface area contributed by atoms with Gasteiger partial charge in [-0.25, -0.2) is 4.79 Å². The second-order valence-electron chi connectivity index (χ2n) is 3.31. The molecule has 0 unspecified atom stereocenters. The number of hydrogen-bond acceptors (Lipinski definition) is 1. The second kappa shape index (κ2) is 4.70. The summed E-state index contributed by atoms with van der Waals surface area (Å²) in [4.78, 5) is 11.0. The number of carbonyl (C=O) groups excluding carboxylic acids is 1. The van der Waals surface area contributed by atoms with Crippen LogP contribution in [0.25, 0.3) is 0 Å². The molecule has 1 saturated carbocycles. The smallest absolute Gasteiger partial charge is 0.319 e. The summed E-state index contributed by atoms with van der Waals surface area (Å²) in [5.41, 5.74) is 1.26. The minimum absolute atomic E-state index is 0.167. The van der Waals surface area contributed by atoms with Gasteiger partial charge >= 0.3 is 6.03 Å². The maximum absolute atomic E-state index is 11.0. The highest BCUT2D eigenvalue weighted by Crippen LogP contribution is 2.35. The lowest BCUT2D eigenvalue weighted by molar-refractivity contribution is 0.245. The predicted molar refractivity (Wildman–Crippen MR) is 53.2 cm³/mol. The van der Waals surface area contributed by atoms with E-state index in [0.717, 1.165) is 0 Å². The van der Waals surface area contributed by atoms with Crippen molar-refractivity contribution in [1.82, 2.24) is 10.6 Å². The summed E-state index contributed by atoms with van der Waals surface area (Å²) in [5.74, 6) is 0.708. The first-order chi connectivity index (χ1) is 6.24. The van der Waals surface area contributed by atoms with Gasteiger partial charge in [-0.1, -0.05) is 11.6 Å². The van der Waals surface area contributed by atoms with Crippen LogP contribution in [-0.4, -0.2) is 12.6 Å². The Bertz CT molecular complexity index is 229. The molecule has 0 aromatic rings. The van der Waals surface area contributed by atoms with E-state index in [4.69, 9.17) is 0 Å². The van der Waals surface area contributed by atoms with E-state index in [0.29, 0.717) is 12.5 Å². The first-order valence-corrected chi connectivity index (χ1v) is 4.56. The van der Waals surface area contributed by atoms with Crippen molar-refractivity contribution in [1.29, 1.82) is 0 Å². The largest absolute Gasteiger partial charge is 0.334 e. The number of allylic oxidation sites excluding steroid dienone is 1. The normalized spacial score (nSPS) is 16.5. The van der Waals surface area contributed by atoms with Crippen LogP contribution in [0.1, 0.15) is 19.8 Å². The summed E-state index contributed by atoms with van der Waals surface area (Å²) >= 11 is 0. The van der Waals surface area contributed by atoms with Crippen LogP contribution in [0.5, 0.6) is 0 Å². The molecule has 2 amide bonds. The van der Waals surface area contributed by atoms with Gasteiger partial charge in [-0.15, -0.1) is 6.58 Å².